The molecule has 0 N–H and O–H groups in total. The lowest BCUT2D eigenvalue weighted by atomic mass is 9.98. The van der Waals surface area contributed by atoms with Crippen molar-refractivity contribution in [2.24, 2.45) is 0 Å². The normalized spacial score (nSPS) is 13.5. The maximum absolute atomic E-state index is 13.2. The lowest BCUT2D eigenvalue weighted by molar-refractivity contribution is 0.103. The first kappa shape index (κ1) is 13.3. The molecule has 1 aliphatic rings. The minimum Gasteiger partial charge on any atom is -0.493 e. The Kier molecular flexibility index (Phi) is 3.57. The van der Waals surface area contributed by atoms with Gasteiger partial charge in [0.15, 0.2) is 5.78 Å². The molecule has 0 bridgehead atoms. The number of rotatable bonds is 2. The molecule has 0 radical (unpaired) electrons. The molecule has 1 aliphatic heterocycles. The first-order chi connectivity index (χ1) is 9.65. The topological polar surface area (TPSA) is 26.3 Å². The fourth-order valence-electron chi connectivity index (χ4n) is 2.31. The molecule has 0 aliphatic carbocycles. The van der Waals surface area contributed by atoms with Gasteiger partial charge in [-0.25, -0.2) is 4.39 Å². The minimum absolute atomic E-state index is 0.112. The summed E-state index contributed by atoms with van der Waals surface area (Å²) in [7, 11) is 0. The van der Waals surface area contributed by atoms with Gasteiger partial charge in [-0.05, 0) is 70.7 Å². The summed E-state index contributed by atoms with van der Waals surface area (Å²) in [4.78, 5) is 12.4. The third kappa shape index (κ3) is 2.48. The van der Waals surface area contributed by atoms with Crippen molar-refractivity contribution in [1.29, 1.82) is 0 Å². The zero-order chi connectivity index (χ0) is 14.1. The highest BCUT2D eigenvalue weighted by molar-refractivity contribution is 9.10. The third-order valence-corrected chi connectivity index (χ3v) is 3.96. The van der Waals surface area contributed by atoms with Crippen molar-refractivity contribution < 1.29 is 13.9 Å². The van der Waals surface area contributed by atoms with Crippen LogP contribution in [0.3, 0.4) is 0 Å². The van der Waals surface area contributed by atoms with E-state index in [1.54, 1.807) is 6.07 Å². The van der Waals surface area contributed by atoms with Crippen LogP contribution in [0.4, 0.5) is 4.39 Å². The summed E-state index contributed by atoms with van der Waals surface area (Å²) in [5, 5.41) is 0. The number of fused-ring (bicyclic) bond motifs is 1. The second kappa shape index (κ2) is 5.37. The van der Waals surface area contributed by atoms with E-state index in [1.807, 2.05) is 12.1 Å². The number of benzene rings is 2. The Balaban J connectivity index is 1.95. The highest BCUT2D eigenvalue weighted by atomic mass is 79.9. The number of hydrogen-bond acceptors (Lipinski definition) is 2. The zero-order valence-electron chi connectivity index (χ0n) is 10.7. The van der Waals surface area contributed by atoms with Crippen molar-refractivity contribution in [1.82, 2.24) is 0 Å². The standard InChI is InChI=1S/C16H12BrFO2/c17-13-9-12(3-5-14(13)18)16(19)11-4-6-15-10(8-11)2-1-7-20-15/h3-6,8-9H,1-2,7H2. The lowest BCUT2D eigenvalue weighted by Crippen LogP contribution is -2.10. The van der Waals surface area contributed by atoms with Crippen LogP contribution in [-0.2, 0) is 6.42 Å². The third-order valence-electron chi connectivity index (χ3n) is 3.35. The number of ketones is 1. The average molecular weight is 335 g/mol. The molecule has 20 heavy (non-hydrogen) atoms. The van der Waals surface area contributed by atoms with E-state index in [0.717, 1.165) is 30.8 Å². The Morgan fingerprint density at radius 1 is 1.15 bits per heavy atom. The van der Waals surface area contributed by atoms with Crippen molar-refractivity contribution in [2.45, 2.75) is 12.8 Å². The second-order valence-corrected chi connectivity index (χ2v) is 5.59. The maximum Gasteiger partial charge on any atom is 0.193 e. The van der Waals surface area contributed by atoms with E-state index in [-0.39, 0.29) is 11.6 Å². The fraction of sp³-hybridized carbons (Fsp3) is 0.188. The van der Waals surface area contributed by atoms with Crippen LogP contribution in [0, 0.1) is 5.82 Å². The van der Waals surface area contributed by atoms with Gasteiger partial charge < -0.3 is 4.74 Å². The van der Waals surface area contributed by atoms with Crippen LogP contribution in [0.15, 0.2) is 40.9 Å². The van der Waals surface area contributed by atoms with E-state index in [2.05, 4.69) is 15.9 Å². The van der Waals surface area contributed by atoms with E-state index in [9.17, 15) is 9.18 Å². The molecule has 0 spiro atoms. The highest BCUT2D eigenvalue weighted by Crippen LogP contribution is 2.27. The van der Waals surface area contributed by atoms with Crippen molar-refractivity contribution in [3.63, 3.8) is 0 Å². The molecule has 0 amide bonds. The van der Waals surface area contributed by atoms with Gasteiger partial charge >= 0.3 is 0 Å². The molecule has 0 saturated heterocycles. The van der Waals surface area contributed by atoms with Crippen molar-refractivity contribution in [2.75, 3.05) is 6.61 Å². The largest absolute Gasteiger partial charge is 0.493 e. The molecule has 0 fully saturated rings. The van der Waals surface area contributed by atoms with Crippen LogP contribution >= 0.6 is 15.9 Å². The van der Waals surface area contributed by atoms with Crippen LogP contribution in [-0.4, -0.2) is 12.4 Å². The quantitative estimate of drug-likeness (QED) is 0.771. The van der Waals surface area contributed by atoms with Gasteiger partial charge in [0.2, 0.25) is 0 Å². The number of hydrogen-bond donors (Lipinski definition) is 0. The molecule has 2 aromatic carbocycles. The summed E-state index contributed by atoms with van der Waals surface area (Å²) < 4.78 is 19.0. The second-order valence-electron chi connectivity index (χ2n) is 4.73. The van der Waals surface area contributed by atoms with E-state index in [0.29, 0.717) is 15.6 Å². The Labute approximate surface area is 124 Å². The van der Waals surface area contributed by atoms with Gasteiger partial charge in [0.1, 0.15) is 11.6 Å². The Bertz CT molecular complexity index is 682. The average Bonchev–Trinajstić information content (AvgIpc) is 2.49. The highest BCUT2D eigenvalue weighted by Gasteiger charge is 2.15. The molecule has 4 heteroatoms. The molecule has 0 unspecified atom stereocenters. The molecule has 3 rings (SSSR count). The van der Waals surface area contributed by atoms with Gasteiger partial charge in [-0.1, -0.05) is 0 Å². The first-order valence-electron chi connectivity index (χ1n) is 6.40. The summed E-state index contributed by atoms with van der Waals surface area (Å²) in [5.41, 5.74) is 2.13. The molecule has 2 nitrogen and oxygen atoms in total. The van der Waals surface area contributed by atoms with Crippen molar-refractivity contribution in [3.05, 3.63) is 63.4 Å². The summed E-state index contributed by atoms with van der Waals surface area (Å²) in [6.07, 6.45) is 1.89. The van der Waals surface area contributed by atoms with Crippen LogP contribution < -0.4 is 4.74 Å². The van der Waals surface area contributed by atoms with Crippen molar-refractivity contribution >= 4 is 21.7 Å². The first-order valence-corrected chi connectivity index (χ1v) is 7.20. The van der Waals surface area contributed by atoms with E-state index >= 15 is 0 Å². The van der Waals surface area contributed by atoms with Crippen LogP contribution in [0.2, 0.25) is 0 Å². The smallest absolute Gasteiger partial charge is 0.193 e. The van der Waals surface area contributed by atoms with Gasteiger partial charge in [-0.2, -0.15) is 0 Å². The predicted molar refractivity (Wildman–Crippen MR) is 77.8 cm³/mol. The van der Waals surface area contributed by atoms with E-state index in [4.69, 9.17) is 4.74 Å². The SMILES string of the molecule is O=C(c1ccc(F)c(Br)c1)c1ccc2c(c1)CCCO2. The molecule has 0 atom stereocenters. The summed E-state index contributed by atoms with van der Waals surface area (Å²) in [5.74, 6) is 0.368. The molecule has 2 aromatic rings. The lowest BCUT2D eigenvalue weighted by Gasteiger charge is -2.17. The van der Waals surface area contributed by atoms with Gasteiger partial charge in [-0.15, -0.1) is 0 Å². The minimum atomic E-state index is -0.375. The van der Waals surface area contributed by atoms with E-state index < -0.39 is 0 Å². The van der Waals surface area contributed by atoms with Crippen LogP contribution in [0.25, 0.3) is 0 Å². The van der Waals surface area contributed by atoms with Crippen molar-refractivity contribution in [3.8, 4) is 5.75 Å². The number of halogens is 2. The predicted octanol–water partition coefficient (Wildman–Crippen LogP) is 4.14. The van der Waals surface area contributed by atoms with Crippen LogP contribution in [0.1, 0.15) is 27.9 Å². The number of aryl methyl sites for hydroxylation is 1. The van der Waals surface area contributed by atoms with Crippen LogP contribution in [0.5, 0.6) is 5.75 Å². The Hall–Kier alpha value is -1.68. The van der Waals surface area contributed by atoms with Gasteiger partial charge in [0, 0.05) is 11.1 Å². The summed E-state index contributed by atoms with van der Waals surface area (Å²) in [6, 6.07) is 9.75. The Morgan fingerprint density at radius 2 is 1.90 bits per heavy atom. The number of ether oxygens (including phenoxy) is 1. The number of carbonyl (C=O) groups is 1. The summed E-state index contributed by atoms with van der Waals surface area (Å²) >= 11 is 3.10. The molecule has 1 heterocycles. The van der Waals surface area contributed by atoms with Gasteiger partial charge in [0.05, 0.1) is 11.1 Å². The van der Waals surface area contributed by atoms with Gasteiger partial charge in [-0.3, -0.25) is 4.79 Å². The fourth-order valence-corrected chi connectivity index (χ4v) is 2.68. The monoisotopic (exact) mass is 334 g/mol. The zero-order valence-corrected chi connectivity index (χ0v) is 12.2. The number of carbonyl (C=O) groups excluding carboxylic acids is 1. The van der Waals surface area contributed by atoms with E-state index in [1.165, 1.54) is 18.2 Å². The molecule has 102 valence electrons. The molecule has 0 saturated carbocycles. The maximum atomic E-state index is 13.2. The Morgan fingerprint density at radius 3 is 2.70 bits per heavy atom. The summed E-state index contributed by atoms with van der Waals surface area (Å²) in [6.45, 7) is 0.727. The van der Waals surface area contributed by atoms with Gasteiger partial charge in [0.25, 0.3) is 0 Å². The molecule has 0 aromatic heterocycles. The molecular formula is C16H12BrFO2. The molecular weight excluding hydrogens is 323 g/mol.